The first-order valence-corrected chi connectivity index (χ1v) is 7.19. The van der Waals surface area contributed by atoms with Gasteiger partial charge in [-0.2, -0.15) is 0 Å². The minimum absolute atomic E-state index is 0.452. The van der Waals surface area contributed by atoms with E-state index in [0.717, 1.165) is 42.0 Å². The van der Waals surface area contributed by atoms with Crippen molar-refractivity contribution in [2.24, 2.45) is 0 Å². The fraction of sp³-hybridized carbons (Fsp3) is 0.571. The number of rotatable bonds is 7. The second-order valence-electron chi connectivity index (χ2n) is 4.16. The van der Waals surface area contributed by atoms with Crippen LogP contribution in [0.4, 0.5) is 5.69 Å². The van der Waals surface area contributed by atoms with Crippen molar-refractivity contribution in [3.8, 4) is 0 Å². The molecule has 0 aliphatic carbocycles. The van der Waals surface area contributed by atoms with Crippen molar-refractivity contribution in [3.63, 3.8) is 0 Å². The van der Waals surface area contributed by atoms with Crippen LogP contribution < -0.4 is 4.90 Å². The summed E-state index contributed by atoms with van der Waals surface area (Å²) >= 11 is 3.51. The first-order valence-electron chi connectivity index (χ1n) is 6.40. The maximum absolute atomic E-state index is 9.60. The summed E-state index contributed by atoms with van der Waals surface area (Å²) in [7, 11) is 0. The van der Waals surface area contributed by atoms with Gasteiger partial charge in [-0.1, -0.05) is 22.0 Å². The van der Waals surface area contributed by atoms with Crippen LogP contribution in [0.1, 0.15) is 32.4 Å². The van der Waals surface area contributed by atoms with Crippen LogP contribution in [0, 0.1) is 0 Å². The lowest BCUT2D eigenvalue weighted by molar-refractivity contribution is 0.154. The highest BCUT2D eigenvalue weighted by atomic mass is 79.9. The highest BCUT2D eigenvalue weighted by Crippen LogP contribution is 2.28. The van der Waals surface area contributed by atoms with E-state index in [1.54, 1.807) is 6.92 Å². The maximum Gasteiger partial charge on any atom is 0.0772 e. The SMILES string of the molecule is CCOCCN(CC)c1ccc([C@@H](C)O)c(Br)c1. The van der Waals surface area contributed by atoms with Gasteiger partial charge in [0.25, 0.3) is 0 Å². The number of hydrogen-bond donors (Lipinski definition) is 1. The molecule has 0 aliphatic heterocycles. The lowest BCUT2D eigenvalue weighted by Gasteiger charge is -2.24. The molecule has 1 atom stereocenters. The molecule has 0 aromatic heterocycles. The number of halogens is 1. The Balaban J connectivity index is 2.77. The molecular weight excluding hydrogens is 294 g/mol. The second kappa shape index (κ2) is 7.77. The average molecular weight is 316 g/mol. The topological polar surface area (TPSA) is 32.7 Å². The number of likely N-dealkylation sites (N-methyl/N-ethyl adjacent to an activating group) is 1. The van der Waals surface area contributed by atoms with Crippen molar-refractivity contribution in [1.29, 1.82) is 0 Å². The van der Waals surface area contributed by atoms with Gasteiger partial charge in [-0.05, 0) is 38.5 Å². The highest BCUT2D eigenvalue weighted by molar-refractivity contribution is 9.10. The summed E-state index contributed by atoms with van der Waals surface area (Å²) in [6, 6.07) is 6.06. The molecule has 1 aromatic rings. The summed E-state index contributed by atoms with van der Waals surface area (Å²) in [6.45, 7) is 9.21. The Bertz CT molecular complexity index is 369. The van der Waals surface area contributed by atoms with E-state index >= 15 is 0 Å². The number of benzene rings is 1. The van der Waals surface area contributed by atoms with Gasteiger partial charge in [0, 0.05) is 29.9 Å². The van der Waals surface area contributed by atoms with Crippen LogP contribution in [0.3, 0.4) is 0 Å². The van der Waals surface area contributed by atoms with Crippen LogP contribution in [0.25, 0.3) is 0 Å². The normalized spacial score (nSPS) is 12.5. The molecule has 0 saturated heterocycles. The van der Waals surface area contributed by atoms with E-state index in [4.69, 9.17) is 4.74 Å². The molecule has 0 unspecified atom stereocenters. The van der Waals surface area contributed by atoms with Gasteiger partial charge in [0.1, 0.15) is 0 Å². The summed E-state index contributed by atoms with van der Waals surface area (Å²) in [5.41, 5.74) is 2.06. The molecule has 0 radical (unpaired) electrons. The minimum Gasteiger partial charge on any atom is -0.389 e. The monoisotopic (exact) mass is 315 g/mol. The smallest absolute Gasteiger partial charge is 0.0772 e. The lowest BCUT2D eigenvalue weighted by Crippen LogP contribution is -2.27. The van der Waals surface area contributed by atoms with Crippen molar-refractivity contribution in [1.82, 2.24) is 0 Å². The van der Waals surface area contributed by atoms with Gasteiger partial charge in [-0.3, -0.25) is 0 Å². The Morgan fingerprint density at radius 2 is 2.11 bits per heavy atom. The van der Waals surface area contributed by atoms with Gasteiger partial charge < -0.3 is 14.7 Å². The van der Waals surface area contributed by atoms with E-state index in [-0.39, 0.29) is 0 Å². The molecule has 0 aliphatic rings. The Morgan fingerprint density at radius 1 is 1.39 bits per heavy atom. The molecule has 18 heavy (non-hydrogen) atoms. The third-order valence-electron chi connectivity index (χ3n) is 2.89. The maximum atomic E-state index is 9.60. The van der Waals surface area contributed by atoms with Crippen LogP contribution in [0.5, 0.6) is 0 Å². The average Bonchev–Trinajstić information content (AvgIpc) is 2.34. The molecule has 1 N–H and O–H groups in total. The summed E-state index contributed by atoms with van der Waals surface area (Å²) in [5.74, 6) is 0. The Morgan fingerprint density at radius 3 is 2.61 bits per heavy atom. The zero-order valence-corrected chi connectivity index (χ0v) is 12.9. The molecular formula is C14H22BrNO2. The van der Waals surface area contributed by atoms with E-state index in [9.17, 15) is 5.11 Å². The standard InChI is InChI=1S/C14H22BrNO2/c1-4-16(8-9-18-5-2)12-6-7-13(11(3)17)14(15)10-12/h6-7,10-11,17H,4-5,8-9H2,1-3H3/t11-/m1/s1. The largest absolute Gasteiger partial charge is 0.389 e. The quantitative estimate of drug-likeness (QED) is 0.783. The Kier molecular flexibility index (Phi) is 6.68. The Labute approximate surface area is 118 Å². The molecule has 0 bridgehead atoms. The first kappa shape index (κ1) is 15.5. The zero-order chi connectivity index (χ0) is 13.5. The van der Waals surface area contributed by atoms with E-state index in [1.165, 1.54) is 0 Å². The number of anilines is 1. The molecule has 0 spiro atoms. The predicted octanol–water partition coefficient (Wildman–Crippen LogP) is 3.37. The lowest BCUT2D eigenvalue weighted by atomic mass is 10.1. The summed E-state index contributed by atoms with van der Waals surface area (Å²) < 4.78 is 6.34. The van der Waals surface area contributed by atoms with Crippen LogP contribution in [0.2, 0.25) is 0 Å². The molecule has 1 rings (SSSR count). The van der Waals surface area contributed by atoms with Gasteiger partial charge in [-0.25, -0.2) is 0 Å². The molecule has 0 amide bonds. The third kappa shape index (κ3) is 4.26. The molecule has 0 heterocycles. The second-order valence-corrected chi connectivity index (χ2v) is 5.01. The summed E-state index contributed by atoms with van der Waals surface area (Å²) in [6.07, 6.45) is -0.452. The number of aliphatic hydroxyl groups excluding tert-OH is 1. The molecule has 102 valence electrons. The highest BCUT2D eigenvalue weighted by Gasteiger charge is 2.10. The Hall–Kier alpha value is -0.580. The van der Waals surface area contributed by atoms with Crippen molar-refractivity contribution >= 4 is 21.6 Å². The van der Waals surface area contributed by atoms with Crippen LogP contribution in [-0.2, 0) is 4.74 Å². The van der Waals surface area contributed by atoms with Gasteiger partial charge in [0.05, 0.1) is 12.7 Å². The van der Waals surface area contributed by atoms with Crippen LogP contribution in [0.15, 0.2) is 22.7 Å². The molecule has 4 heteroatoms. The molecule has 1 aromatic carbocycles. The van der Waals surface area contributed by atoms with Crippen molar-refractivity contribution in [2.75, 3.05) is 31.2 Å². The number of ether oxygens (including phenoxy) is 1. The zero-order valence-electron chi connectivity index (χ0n) is 11.3. The van der Waals surface area contributed by atoms with Crippen molar-refractivity contribution in [3.05, 3.63) is 28.2 Å². The van der Waals surface area contributed by atoms with Gasteiger partial charge in [-0.15, -0.1) is 0 Å². The van der Waals surface area contributed by atoms with Gasteiger partial charge >= 0.3 is 0 Å². The number of nitrogens with zero attached hydrogens (tertiary/aromatic N) is 1. The third-order valence-corrected chi connectivity index (χ3v) is 3.58. The van der Waals surface area contributed by atoms with E-state index in [2.05, 4.69) is 33.8 Å². The fourth-order valence-electron chi connectivity index (χ4n) is 1.84. The van der Waals surface area contributed by atoms with E-state index < -0.39 is 6.10 Å². The van der Waals surface area contributed by atoms with E-state index in [1.807, 2.05) is 19.1 Å². The van der Waals surface area contributed by atoms with Gasteiger partial charge in [0.2, 0.25) is 0 Å². The van der Waals surface area contributed by atoms with Crippen LogP contribution in [-0.4, -0.2) is 31.4 Å². The summed E-state index contributed by atoms with van der Waals surface area (Å²) in [5, 5.41) is 9.60. The van der Waals surface area contributed by atoms with Crippen molar-refractivity contribution < 1.29 is 9.84 Å². The van der Waals surface area contributed by atoms with Crippen LogP contribution >= 0.6 is 15.9 Å². The molecule has 3 nitrogen and oxygen atoms in total. The number of aliphatic hydroxyl groups is 1. The molecule has 0 fully saturated rings. The van der Waals surface area contributed by atoms with E-state index in [0.29, 0.717) is 0 Å². The summed E-state index contributed by atoms with van der Waals surface area (Å²) in [4.78, 5) is 2.26. The molecule has 0 saturated carbocycles. The van der Waals surface area contributed by atoms with Crippen molar-refractivity contribution in [2.45, 2.75) is 26.9 Å². The fourth-order valence-corrected chi connectivity index (χ4v) is 2.54. The van der Waals surface area contributed by atoms with Gasteiger partial charge in [0.15, 0.2) is 0 Å². The predicted molar refractivity (Wildman–Crippen MR) is 79.2 cm³/mol. The minimum atomic E-state index is -0.452. The first-order chi connectivity index (χ1) is 8.60. The number of hydrogen-bond acceptors (Lipinski definition) is 3.